The highest BCUT2D eigenvalue weighted by Gasteiger charge is 2.31. The molecule has 0 radical (unpaired) electrons. The third kappa shape index (κ3) is 7.85. The van der Waals surface area contributed by atoms with Gasteiger partial charge >= 0.3 is 6.18 Å². The first-order chi connectivity index (χ1) is 22.7. The molecule has 11 nitrogen and oxygen atoms in total. The summed E-state index contributed by atoms with van der Waals surface area (Å²) in [4.78, 5) is 18.5. The monoisotopic (exact) mass is 668 g/mol. The summed E-state index contributed by atoms with van der Waals surface area (Å²) in [7, 11) is 0.829. The molecule has 0 amide bonds. The van der Waals surface area contributed by atoms with Crippen molar-refractivity contribution in [3.63, 3.8) is 0 Å². The van der Waals surface area contributed by atoms with Crippen LogP contribution in [0.5, 0.6) is 5.75 Å². The Bertz CT molecular complexity index is 1790. The number of benzene rings is 2. The zero-order valence-electron chi connectivity index (χ0n) is 26.8. The van der Waals surface area contributed by atoms with Crippen LogP contribution in [-0.2, 0) is 35.7 Å². The predicted molar refractivity (Wildman–Crippen MR) is 176 cm³/mol. The highest BCUT2D eigenvalue weighted by Crippen LogP contribution is 2.29. The van der Waals surface area contributed by atoms with Crippen LogP contribution in [0, 0.1) is 0 Å². The van der Waals surface area contributed by atoms with Crippen LogP contribution in [0.3, 0.4) is 0 Å². The number of ether oxygens (including phenoxy) is 3. The summed E-state index contributed by atoms with van der Waals surface area (Å²) in [5.41, 5.74) is 2.79. The molecule has 0 unspecified atom stereocenters. The molecule has 6 rings (SSSR count). The van der Waals surface area contributed by atoms with Crippen molar-refractivity contribution < 1.29 is 27.4 Å². The van der Waals surface area contributed by atoms with Crippen molar-refractivity contribution >= 4 is 37.4 Å². The molecule has 1 fully saturated rings. The van der Waals surface area contributed by atoms with Gasteiger partial charge in [0, 0.05) is 40.6 Å². The molecule has 4 heterocycles. The largest absolute Gasteiger partial charge is 0.497 e. The van der Waals surface area contributed by atoms with Crippen LogP contribution in [0.25, 0.3) is 16.7 Å². The summed E-state index contributed by atoms with van der Waals surface area (Å²) in [6.45, 7) is 8.17. The van der Waals surface area contributed by atoms with E-state index in [1.807, 2.05) is 58.3 Å². The maximum Gasteiger partial charge on any atom is 0.393 e. The Labute approximate surface area is 272 Å². The number of anilines is 2. The number of hydrogen-bond donors (Lipinski definition) is 0. The van der Waals surface area contributed by atoms with Gasteiger partial charge in [0.25, 0.3) is 0 Å². The fourth-order valence-corrected chi connectivity index (χ4v) is 6.17. The highest BCUT2D eigenvalue weighted by atomic mass is 28.3. The lowest BCUT2D eigenvalue weighted by molar-refractivity contribution is -0.127. The van der Waals surface area contributed by atoms with E-state index < -0.39 is 21.4 Å². The molecule has 47 heavy (non-hydrogen) atoms. The maximum absolute atomic E-state index is 13.7. The molecule has 250 valence electrons. The van der Waals surface area contributed by atoms with E-state index in [9.17, 15) is 13.2 Å². The number of fused-ring (bicyclic) bond motifs is 2. The van der Waals surface area contributed by atoms with E-state index in [0.29, 0.717) is 63.8 Å². The van der Waals surface area contributed by atoms with E-state index in [1.54, 1.807) is 7.11 Å². The number of morpholine rings is 1. The zero-order valence-corrected chi connectivity index (χ0v) is 27.9. The molecule has 0 aliphatic carbocycles. The summed E-state index contributed by atoms with van der Waals surface area (Å²) in [5.74, 6) is 2.12. The standard InChI is InChI=1S/C32H39F3N8O3Si/c1-44-25-10-8-23(9-11-25)20-41(21-28-37-26-6-4-5-7-27(26)42(28)22-46-16-17-47(2)3)31-39-30(40-12-14-45-15-13-40)38-29-24(18-32(33,34)35)19-36-43(29)31/h4-11,19,47H,12-18,20-22H2,1-3H3. The van der Waals surface area contributed by atoms with E-state index in [2.05, 4.69) is 27.7 Å². The first-order valence-corrected chi connectivity index (χ1v) is 18.8. The number of alkyl halides is 3. The van der Waals surface area contributed by atoms with Gasteiger partial charge in [-0.15, -0.1) is 0 Å². The van der Waals surface area contributed by atoms with Crippen LogP contribution < -0.4 is 14.5 Å². The number of nitrogens with zero attached hydrogens (tertiary/aromatic N) is 8. The SMILES string of the molecule is COc1ccc(CN(Cc2nc3ccccc3n2COCC[SiH](C)C)c2nc(N3CCOCC3)nc3c(CC(F)(F)F)cnn23)cc1. The second-order valence-electron chi connectivity index (χ2n) is 12.0. The van der Waals surface area contributed by atoms with Crippen LogP contribution in [0.2, 0.25) is 19.1 Å². The number of halogens is 3. The van der Waals surface area contributed by atoms with Gasteiger partial charge in [-0.3, -0.25) is 0 Å². The van der Waals surface area contributed by atoms with Gasteiger partial charge in [-0.1, -0.05) is 37.4 Å². The lowest BCUT2D eigenvalue weighted by atomic mass is 10.2. The van der Waals surface area contributed by atoms with E-state index in [4.69, 9.17) is 24.2 Å². The third-order valence-corrected chi connectivity index (χ3v) is 9.43. The van der Waals surface area contributed by atoms with Crippen LogP contribution in [0.4, 0.5) is 25.1 Å². The molecule has 1 aliphatic heterocycles. The first kappa shape index (κ1) is 32.7. The number of rotatable bonds is 13. The molecule has 0 bridgehead atoms. The smallest absolute Gasteiger partial charge is 0.393 e. The number of hydrogen-bond acceptors (Lipinski definition) is 9. The van der Waals surface area contributed by atoms with E-state index >= 15 is 0 Å². The predicted octanol–water partition coefficient (Wildman–Crippen LogP) is 5.09. The van der Waals surface area contributed by atoms with E-state index in [1.165, 1.54) is 10.7 Å². The van der Waals surface area contributed by atoms with Gasteiger partial charge in [-0.05, 0) is 35.9 Å². The minimum Gasteiger partial charge on any atom is -0.497 e. The van der Waals surface area contributed by atoms with E-state index in [-0.39, 0.29) is 17.8 Å². The fourth-order valence-electron chi connectivity index (χ4n) is 5.53. The Morgan fingerprint density at radius 3 is 2.47 bits per heavy atom. The number of para-hydroxylation sites is 2. The molecule has 1 saturated heterocycles. The number of imidazole rings is 1. The average molecular weight is 669 g/mol. The van der Waals surface area contributed by atoms with Crippen LogP contribution >= 0.6 is 0 Å². The molecular formula is C32H39F3N8O3Si. The Morgan fingerprint density at radius 1 is 0.979 bits per heavy atom. The molecule has 3 aromatic heterocycles. The quantitative estimate of drug-likeness (QED) is 0.126. The molecule has 5 aromatic rings. The average Bonchev–Trinajstić information content (AvgIpc) is 3.62. The summed E-state index contributed by atoms with van der Waals surface area (Å²) in [6, 6.07) is 16.6. The fraction of sp³-hybridized carbons (Fsp3) is 0.438. The molecule has 0 N–H and O–H groups in total. The Kier molecular flexibility index (Phi) is 9.94. The van der Waals surface area contributed by atoms with Crippen LogP contribution in [0.1, 0.15) is 17.0 Å². The molecule has 15 heteroatoms. The second kappa shape index (κ2) is 14.3. The Hall–Kier alpha value is -4.21. The highest BCUT2D eigenvalue weighted by molar-refractivity contribution is 6.55. The molecule has 0 saturated carbocycles. The van der Waals surface area contributed by atoms with Gasteiger partial charge in [-0.25, -0.2) is 4.98 Å². The van der Waals surface area contributed by atoms with Crippen molar-refractivity contribution in [2.45, 2.75) is 51.6 Å². The van der Waals surface area contributed by atoms with Crippen molar-refractivity contribution in [3.8, 4) is 5.75 Å². The molecular weight excluding hydrogens is 629 g/mol. The summed E-state index contributed by atoms with van der Waals surface area (Å²) < 4.78 is 61.5. The maximum atomic E-state index is 13.7. The van der Waals surface area contributed by atoms with Gasteiger partial charge in [0.2, 0.25) is 11.9 Å². The minimum atomic E-state index is -4.43. The molecule has 2 aromatic carbocycles. The van der Waals surface area contributed by atoms with Gasteiger partial charge in [0.1, 0.15) is 18.3 Å². The number of aromatic nitrogens is 6. The summed E-state index contributed by atoms with van der Waals surface area (Å²) in [5, 5.41) is 4.40. The van der Waals surface area contributed by atoms with Gasteiger partial charge < -0.3 is 28.6 Å². The molecule has 0 spiro atoms. The van der Waals surface area contributed by atoms with Crippen molar-refractivity contribution in [1.29, 1.82) is 0 Å². The van der Waals surface area contributed by atoms with Crippen LogP contribution in [-0.4, -0.2) is 84.1 Å². The molecule has 0 atom stereocenters. The lowest BCUT2D eigenvalue weighted by Gasteiger charge is -2.29. The normalized spacial score (nSPS) is 14.1. The van der Waals surface area contributed by atoms with Crippen LogP contribution in [0.15, 0.2) is 54.7 Å². The minimum absolute atomic E-state index is 0.0191. The summed E-state index contributed by atoms with van der Waals surface area (Å²) in [6.07, 6.45) is -4.35. The third-order valence-electron chi connectivity index (χ3n) is 8.04. The van der Waals surface area contributed by atoms with Crippen molar-refractivity contribution in [3.05, 3.63) is 71.7 Å². The molecule has 1 aliphatic rings. The second-order valence-corrected chi connectivity index (χ2v) is 15.4. The van der Waals surface area contributed by atoms with Gasteiger partial charge in [0.15, 0.2) is 5.65 Å². The van der Waals surface area contributed by atoms with E-state index in [0.717, 1.165) is 28.5 Å². The van der Waals surface area contributed by atoms with Crippen molar-refractivity contribution in [2.75, 3.05) is 49.8 Å². The lowest BCUT2D eigenvalue weighted by Crippen LogP contribution is -2.38. The topological polar surface area (TPSA) is 95.1 Å². The zero-order chi connectivity index (χ0) is 33.0. The Morgan fingerprint density at radius 2 is 1.74 bits per heavy atom. The number of methoxy groups -OCH3 is 1. The summed E-state index contributed by atoms with van der Waals surface area (Å²) >= 11 is 0. The van der Waals surface area contributed by atoms with Crippen molar-refractivity contribution in [1.82, 2.24) is 29.1 Å². The Balaban J connectivity index is 1.46. The first-order valence-electron chi connectivity index (χ1n) is 15.7. The van der Waals surface area contributed by atoms with Gasteiger partial charge in [0.05, 0.1) is 50.5 Å². The van der Waals surface area contributed by atoms with Crippen molar-refractivity contribution in [2.24, 2.45) is 0 Å². The van der Waals surface area contributed by atoms with Gasteiger partial charge in [-0.2, -0.15) is 32.8 Å².